The molecule has 0 amide bonds. The highest BCUT2D eigenvalue weighted by Crippen LogP contribution is 2.44. The number of benzene rings is 1. The summed E-state index contributed by atoms with van der Waals surface area (Å²) in [6.45, 7) is 9.82. The van der Waals surface area contributed by atoms with Crippen LogP contribution in [0, 0.1) is 0 Å². The number of likely N-dealkylation sites (N-methyl/N-ethyl adjacent to an activating group) is 1. The Balaban J connectivity index is 1.92. The monoisotopic (exact) mass is 290 g/mol. The van der Waals surface area contributed by atoms with Gasteiger partial charge in [-0.2, -0.15) is 0 Å². The number of hydrogen-bond donors (Lipinski definition) is 1. The highest BCUT2D eigenvalue weighted by Gasteiger charge is 2.38. The second kappa shape index (κ2) is 5.18. The van der Waals surface area contributed by atoms with Crippen LogP contribution in [0.15, 0.2) is 18.2 Å². The first-order chi connectivity index (χ1) is 9.85. The summed E-state index contributed by atoms with van der Waals surface area (Å²) in [5.41, 5.74) is 1.02. The first-order valence-electron chi connectivity index (χ1n) is 7.82. The fourth-order valence-electron chi connectivity index (χ4n) is 3.49. The topological polar surface area (TPSA) is 35.9 Å². The Hall–Kier alpha value is -1.26. The van der Waals surface area contributed by atoms with Crippen molar-refractivity contribution in [2.24, 2.45) is 0 Å². The lowest BCUT2D eigenvalue weighted by Gasteiger charge is -2.46. The molecule has 0 saturated carbocycles. The molecule has 0 aromatic heterocycles. The molecule has 0 radical (unpaired) electrons. The largest absolute Gasteiger partial charge is 0.508 e. The fourth-order valence-corrected chi connectivity index (χ4v) is 3.49. The maximum atomic E-state index is 9.73. The maximum Gasteiger partial charge on any atom is 0.128 e. The molecular formula is C17H26N2O2. The van der Waals surface area contributed by atoms with E-state index in [-0.39, 0.29) is 11.4 Å². The van der Waals surface area contributed by atoms with E-state index in [0.717, 1.165) is 31.8 Å². The molecule has 1 aromatic rings. The van der Waals surface area contributed by atoms with Crippen LogP contribution in [-0.2, 0) is 0 Å². The highest BCUT2D eigenvalue weighted by molar-refractivity contribution is 5.44. The summed E-state index contributed by atoms with van der Waals surface area (Å²) in [6, 6.07) is 6.49. The molecule has 4 heteroatoms. The van der Waals surface area contributed by atoms with Gasteiger partial charge in [-0.1, -0.05) is 6.07 Å². The Kier molecular flexibility index (Phi) is 3.62. The van der Waals surface area contributed by atoms with Crippen molar-refractivity contribution in [3.05, 3.63) is 23.8 Å². The summed E-state index contributed by atoms with van der Waals surface area (Å²) in [4.78, 5) is 4.99. The maximum absolute atomic E-state index is 9.73. The van der Waals surface area contributed by atoms with Crippen LogP contribution in [0.25, 0.3) is 0 Å². The summed E-state index contributed by atoms with van der Waals surface area (Å²) in [7, 11) is 2.20. The van der Waals surface area contributed by atoms with Crippen molar-refractivity contribution in [3.63, 3.8) is 0 Å². The van der Waals surface area contributed by atoms with Crippen LogP contribution in [0.4, 0.5) is 0 Å². The van der Waals surface area contributed by atoms with Crippen molar-refractivity contribution >= 4 is 0 Å². The van der Waals surface area contributed by atoms with E-state index in [0.29, 0.717) is 12.1 Å². The minimum atomic E-state index is -0.196. The zero-order valence-corrected chi connectivity index (χ0v) is 13.5. The van der Waals surface area contributed by atoms with E-state index in [1.165, 1.54) is 5.56 Å². The molecule has 2 aliphatic rings. The number of phenols is 1. The highest BCUT2D eigenvalue weighted by atomic mass is 16.5. The van der Waals surface area contributed by atoms with Crippen molar-refractivity contribution < 1.29 is 9.84 Å². The standard InChI is InChI=1S/C17H26N2O2/c1-12-11-19(8-7-18(12)4)15-10-17(2,3)21-16-9-13(20)5-6-14(15)16/h5-6,9,12,15,20H,7-8,10-11H2,1-4H3. The van der Waals surface area contributed by atoms with Crippen LogP contribution < -0.4 is 4.74 Å². The number of aromatic hydroxyl groups is 1. The molecule has 1 fully saturated rings. The quantitative estimate of drug-likeness (QED) is 0.862. The number of piperazine rings is 1. The normalized spacial score (nSPS) is 29.7. The van der Waals surface area contributed by atoms with Crippen LogP contribution in [0.3, 0.4) is 0 Å². The zero-order chi connectivity index (χ0) is 15.2. The van der Waals surface area contributed by atoms with E-state index in [4.69, 9.17) is 4.74 Å². The van der Waals surface area contributed by atoms with Crippen LogP contribution in [-0.4, -0.2) is 53.2 Å². The van der Waals surface area contributed by atoms with E-state index in [2.05, 4.69) is 37.6 Å². The van der Waals surface area contributed by atoms with E-state index >= 15 is 0 Å². The van der Waals surface area contributed by atoms with E-state index < -0.39 is 0 Å². The van der Waals surface area contributed by atoms with Gasteiger partial charge in [0.05, 0.1) is 0 Å². The Morgan fingerprint density at radius 2 is 2.05 bits per heavy atom. The lowest BCUT2D eigenvalue weighted by molar-refractivity contribution is 0.00290. The zero-order valence-electron chi connectivity index (χ0n) is 13.5. The fraction of sp³-hybridized carbons (Fsp3) is 0.647. The van der Waals surface area contributed by atoms with Crippen molar-refractivity contribution in [2.75, 3.05) is 26.7 Å². The van der Waals surface area contributed by atoms with Gasteiger partial charge in [0.25, 0.3) is 0 Å². The third-order valence-corrected chi connectivity index (χ3v) is 4.86. The summed E-state index contributed by atoms with van der Waals surface area (Å²) >= 11 is 0. The summed E-state index contributed by atoms with van der Waals surface area (Å²) in [6.07, 6.45) is 0.987. The minimum absolute atomic E-state index is 0.196. The molecule has 4 nitrogen and oxygen atoms in total. The molecule has 21 heavy (non-hydrogen) atoms. The molecule has 1 aromatic carbocycles. The number of hydrogen-bond acceptors (Lipinski definition) is 4. The lowest BCUT2D eigenvalue weighted by atomic mass is 9.88. The van der Waals surface area contributed by atoms with E-state index in [1.807, 2.05) is 6.07 Å². The van der Waals surface area contributed by atoms with E-state index in [9.17, 15) is 5.11 Å². The van der Waals surface area contributed by atoms with Crippen LogP contribution >= 0.6 is 0 Å². The molecule has 0 spiro atoms. The first-order valence-corrected chi connectivity index (χ1v) is 7.82. The summed E-state index contributed by atoms with van der Waals surface area (Å²) < 4.78 is 6.07. The number of fused-ring (bicyclic) bond motifs is 1. The average molecular weight is 290 g/mol. The van der Waals surface area contributed by atoms with Gasteiger partial charge >= 0.3 is 0 Å². The van der Waals surface area contributed by atoms with Gasteiger partial charge in [-0.15, -0.1) is 0 Å². The molecule has 2 atom stereocenters. The molecule has 1 N–H and O–H groups in total. The molecule has 0 bridgehead atoms. The van der Waals surface area contributed by atoms with Gasteiger partial charge in [0, 0.05) is 49.8 Å². The molecule has 2 unspecified atom stereocenters. The number of ether oxygens (including phenoxy) is 1. The van der Waals surface area contributed by atoms with Gasteiger partial charge in [-0.3, -0.25) is 4.90 Å². The van der Waals surface area contributed by atoms with Gasteiger partial charge in [0.15, 0.2) is 0 Å². The van der Waals surface area contributed by atoms with Gasteiger partial charge < -0.3 is 14.7 Å². The van der Waals surface area contributed by atoms with Crippen LogP contribution in [0.2, 0.25) is 0 Å². The first kappa shape index (κ1) is 14.7. The molecule has 2 aliphatic heterocycles. The molecule has 2 heterocycles. The summed E-state index contributed by atoms with van der Waals surface area (Å²) in [5.74, 6) is 1.11. The Labute approximate surface area is 127 Å². The molecular weight excluding hydrogens is 264 g/mol. The SMILES string of the molecule is CC1CN(C2CC(C)(C)Oc3cc(O)ccc32)CCN1C. The van der Waals surface area contributed by atoms with Gasteiger partial charge in [0.1, 0.15) is 17.1 Å². The van der Waals surface area contributed by atoms with Crippen LogP contribution in [0.5, 0.6) is 11.5 Å². The van der Waals surface area contributed by atoms with E-state index in [1.54, 1.807) is 12.1 Å². The Morgan fingerprint density at radius 1 is 1.29 bits per heavy atom. The van der Waals surface area contributed by atoms with Gasteiger partial charge in [-0.05, 0) is 33.9 Å². The van der Waals surface area contributed by atoms with Crippen molar-refractivity contribution in [1.29, 1.82) is 0 Å². The van der Waals surface area contributed by atoms with Gasteiger partial charge in [-0.25, -0.2) is 0 Å². The minimum Gasteiger partial charge on any atom is -0.508 e. The smallest absolute Gasteiger partial charge is 0.128 e. The van der Waals surface area contributed by atoms with Gasteiger partial charge in [0.2, 0.25) is 0 Å². The average Bonchev–Trinajstić information content (AvgIpc) is 2.39. The predicted octanol–water partition coefficient (Wildman–Crippen LogP) is 2.63. The number of rotatable bonds is 1. The second-order valence-electron chi connectivity index (χ2n) is 7.13. The summed E-state index contributed by atoms with van der Waals surface area (Å²) in [5, 5.41) is 9.73. The molecule has 3 rings (SSSR count). The Bertz CT molecular complexity index is 530. The molecule has 0 aliphatic carbocycles. The van der Waals surface area contributed by atoms with Crippen molar-refractivity contribution in [1.82, 2.24) is 9.80 Å². The third kappa shape index (κ3) is 2.87. The van der Waals surface area contributed by atoms with Crippen molar-refractivity contribution in [2.45, 2.75) is 44.9 Å². The number of nitrogens with zero attached hydrogens (tertiary/aromatic N) is 2. The Morgan fingerprint density at radius 3 is 2.76 bits per heavy atom. The molecule has 1 saturated heterocycles. The number of phenolic OH excluding ortho intramolecular Hbond substituents is 1. The lowest BCUT2D eigenvalue weighted by Crippen LogP contribution is -2.53. The predicted molar refractivity (Wildman–Crippen MR) is 83.8 cm³/mol. The molecule has 116 valence electrons. The second-order valence-corrected chi connectivity index (χ2v) is 7.13. The van der Waals surface area contributed by atoms with Crippen LogP contribution in [0.1, 0.15) is 38.8 Å². The third-order valence-electron chi connectivity index (χ3n) is 4.86. The van der Waals surface area contributed by atoms with Crippen molar-refractivity contribution in [3.8, 4) is 11.5 Å².